The van der Waals surface area contributed by atoms with Crippen LogP contribution in [-0.2, 0) is 57.2 Å². The van der Waals surface area contributed by atoms with E-state index < -0.39 is 94.1 Å². The smallest absolute Gasteiger partial charge is 0.330 e. The number of fused-ring (bicyclic) bond motifs is 5. The molecule has 3 aliphatic carbocycles. The van der Waals surface area contributed by atoms with Gasteiger partial charge in [-0.05, 0) is 31.9 Å². The highest BCUT2D eigenvalue weighted by molar-refractivity contribution is 5.95. The van der Waals surface area contributed by atoms with Gasteiger partial charge in [0.2, 0.25) is 0 Å². The van der Waals surface area contributed by atoms with Gasteiger partial charge in [0.15, 0.2) is 17.5 Å². The number of allylic oxidation sites excluding steroid dienone is 1. The van der Waals surface area contributed by atoms with Crippen LogP contribution in [0, 0.1) is 16.7 Å². The Kier molecular flexibility index (Phi) is 8.88. The van der Waals surface area contributed by atoms with E-state index in [-0.39, 0.29) is 25.0 Å². The number of carbonyl (C=O) groups is 6. The second-order valence-corrected chi connectivity index (χ2v) is 13.1. The van der Waals surface area contributed by atoms with Crippen LogP contribution in [-0.4, -0.2) is 89.1 Å². The van der Waals surface area contributed by atoms with Crippen molar-refractivity contribution in [2.24, 2.45) is 16.7 Å². The van der Waals surface area contributed by atoms with E-state index >= 15 is 4.79 Å². The maximum Gasteiger partial charge on any atom is 0.330 e. The lowest BCUT2D eigenvalue weighted by Gasteiger charge is -2.67. The van der Waals surface area contributed by atoms with Gasteiger partial charge in [-0.2, -0.15) is 0 Å². The number of ether oxygens (including phenoxy) is 6. The predicted octanol–water partition coefficient (Wildman–Crippen LogP) is 2.06. The third-order valence-electron chi connectivity index (χ3n) is 10.1. The highest BCUT2D eigenvalue weighted by atomic mass is 16.6. The highest BCUT2D eigenvalue weighted by Crippen LogP contribution is 2.64. The molecule has 4 aliphatic rings. The zero-order valence-corrected chi connectivity index (χ0v) is 27.1. The largest absolute Gasteiger partial charge is 0.461 e. The third-order valence-corrected chi connectivity index (χ3v) is 10.1. The quantitative estimate of drug-likeness (QED) is 0.194. The molecule has 0 radical (unpaired) electrons. The molecule has 0 spiro atoms. The highest BCUT2D eigenvalue weighted by Gasteiger charge is 2.79. The fraction of sp³-hybridized carbons (Fsp3) is 0.688. The number of aliphatic hydroxyl groups is 1. The standard InChI is InChI=1S/C32H42O13/c1-10-11-23(37)44-28-26-30(9,21(42-17(4)34)12-22-31(26,14-40-22)45-19(6)36)27(38)25(43-18(5)35)24-15(2)20(41-16(3)33)13-32(28,39)29(24,7)8/h10-11,20-22,25-26,28,39H,12-14H2,1-9H3/b11-10+/t20-,21-,22+,25+,26-,28-,30+,31-,32+/m0/s1. The molecule has 0 aromatic heterocycles. The fourth-order valence-electron chi connectivity index (χ4n) is 8.11. The van der Waals surface area contributed by atoms with E-state index in [4.69, 9.17) is 28.4 Å². The van der Waals surface area contributed by atoms with Gasteiger partial charge in [0.05, 0.1) is 17.9 Å². The van der Waals surface area contributed by atoms with Gasteiger partial charge < -0.3 is 33.5 Å². The van der Waals surface area contributed by atoms with Gasteiger partial charge >= 0.3 is 29.8 Å². The van der Waals surface area contributed by atoms with Crippen LogP contribution in [0.25, 0.3) is 0 Å². The summed E-state index contributed by atoms with van der Waals surface area (Å²) < 4.78 is 35.1. The van der Waals surface area contributed by atoms with E-state index in [2.05, 4.69) is 0 Å². The van der Waals surface area contributed by atoms with Crippen molar-refractivity contribution < 1.29 is 62.3 Å². The number of Topliss-reactive ketones (excluding diaryl/α,β-unsaturated/α-hetero) is 1. The Morgan fingerprint density at radius 3 is 2.00 bits per heavy atom. The molecule has 2 saturated carbocycles. The molecule has 4 rings (SSSR count). The zero-order valence-electron chi connectivity index (χ0n) is 27.1. The summed E-state index contributed by atoms with van der Waals surface area (Å²) in [7, 11) is 0. The second-order valence-electron chi connectivity index (χ2n) is 13.1. The molecule has 45 heavy (non-hydrogen) atoms. The van der Waals surface area contributed by atoms with E-state index in [9.17, 15) is 29.1 Å². The Morgan fingerprint density at radius 2 is 1.51 bits per heavy atom. The van der Waals surface area contributed by atoms with Gasteiger partial charge in [0.1, 0.15) is 30.0 Å². The first-order valence-corrected chi connectivity index (χ1v) is 14.9. The van der Waals surface area contributed by atoms with Crippen molar-refractivity contribution in [1.29, 1.82) is 0 Å². The number of carbonyl (C=O) groups excluding carboxylic acids is 6. The van der Waals surface area contributed by atoms with Crippen LogP contribution in [0.5, 0.6) is 0 Å². The van der Waals surface area contributed by atoms with Crippen molar-refractivity contribution in [3.05, 3.63) is 23.3 Å². The lowest BCUT2D eigenvalue weighted by Crippen LogP contribution is -2.82. The van der Waals surface area contributed by atoms with Gasteiger partial charge in [-0.15, -0.1) is 0 Å². The molecular formula is C32H42O13. The molecule has 2 bridgehead atoms. The maximum absolute atomic E-state index is 15.2. The van der Waals surface area contributed by atoms with Crippen LogP contribution in [0.2, 0.25) is 0 Å². The van der Waals surface area contributed by atoms with Crippen molar-refractivity contribution in [3.8, 4) is 0 Å². The van der Waals surface area contributed by atoms with Gasteiger partial charge in [-0.1, -0.05) is 19.9 Å². The van der Waals surface area contributed by atoms with Crippen molar-refractivity contribution in [2.75, 3.05) is 6.61 Å². The summed E-state index contributed by atoms with van der Waals surface area (Å²) in [4.78, 5) is 78.5. The molecule has 1 saturated heterocycles. The van der Waals surface area contributed by atoms with Crippen LogP contribution in [0.1, 0.15) is 75.2 Å². The Labute approximate surface area is 261 Å². The summed E-state index contributed by atoms with van der Waals surface area (Å²) in [6.07, 6.45) is -4.45. The SMILES string of the molecule is C/C=C/C(=O)O[C@H]1[C@@H]2[C@]3(OC(C)=O)CO[C@@H]3C[C@H](OC(C)=O)[C@@]2(C)C(=O)[C@H](OC(C)=O)C2=C(C)[C@@H](OC(C)=O)C[C@]1(O)C2(C)C. The van der Waals surface area contributed by atoms with E-state index in [1.807, 2.05) is 0 Å². The maximum atomic E-state index is 15.2. The van der Waals surface area contributed by atoms with Crippen molar-refractivity contribution in [2.45, 2.75) is 117 Å². The lowest BCUT2D eigenvalue weighted by atomic mass is 9.44. The summed E-state index contributed by atoms with van der Waals surface area (Å²) in [5.41, 5.74) is -6.69. The Hall–Kier alpha value is -3.58. The topological polar surface area (TPSA) is 178 Å². The van der Waals surface area contributed by atoms with Crippen LogP contribution in [0.4, 0.5) is 0 Å². The van der Waals surface area contributed by atoms with Crippen molar-refractivity contribution in [1.82, 2.24) is 0 Å². The van der Waals surface area contributed by atoms with Gasteiger partial charge in [0, 0.05) is 52.0 Å². The first-order valence-electron chi connectivity index (χ1n) is 14.9. The van der Waals surface area contributed by atoms with Gasteiger partial charge in [-0.3, -0.25) is 24.0 Å². The van der Waals surface area contributed by atoms with Crippen LogP contribution < -0.4 is 0 Å². The number of ketones is 1. The van der Waals surface area contributed by atoms with Gasteiger partial charge in [0.25, 0.3) is 0 Å². The number of rotatable bonds is 6. The number of hydrogen-bond acceptors (Lipinski definition) is 13. The minimum absolute atomic E-state index is 0.0934. The minimum atomic E-state index is -2.16. The summed E-state index contributed by atoms with van der Waals surface area (Å²) in [6.45, 7) is 12.3. The molecule has 13 heteroatoms. The second kappa shape index (κ2) is 11.7. The van der Waals surface area contributed by atoms with Gasteiger partial charge in [-0.25, -0.2) is 4.79 Å². The molecule has 1 N–H and O–H groups in total. The summed E-state index contributed by atoms with van der Waals surface area (Å²) >= 11 is 0. The van der Waals surface area contributed by atoms with Crippen LogP contribution in [0.3, 0.4) is 0 Å². The van der Waals surface area contributed by atoms with E-state index in [1.54, 1.807) is 27.7 Å². The fourth-order valence-corrected chi connectivity index (χ4v) is 8.11. The first kappa shape index (κ1) is 34.3. The zero-order chi connectivity index (χ0) is 33.9. The molecule has 0 unspecified atom stereocenters. The molecule has 1 aliphatic heterocycles. The summed E-state index contributed by atoms with van der Waals surface area (Å²) in [5.74, 6) is -6.00. The van der Waals surface area contributed by atoms with Crippen LogP contribution >= 0.6 is 0 Å². The summed E-state index contributed by atoms with van der Waals surface area (Å²) in [5, 5.41) is 13.1. The molecule has 248 valence electrons. The molecular weight excluding hydrogens is 592 g/mol. The van der Waals surface area contributed by atoms with Crippen molar-refractivity contribution in [3.63, 3.8) is 0 Å². The summed E-state index contributed by atoms with van der Waals surface area (Å²) in [6, 6.07) is 0. The average Bonchev–Trinajstić information content (AvgIpc) is 2.89. The molecule has 13 nitrogen and oxygen atoms in total. The Morgan fingerprint density at radius 1 is 0.911 bits per heavy atom. The van der Waals surface area contributed by atoms with Crippen molar-refractivity contribution >= 4 is 35.6 Å². The van der Waals surface area contributed by atoms with E-state index in [1.165, 1.54) is 26.8 Å². The third kappa shape index (κ3) is 5.27. The molecule has 1 heterocycles. The normalized spacial score (nSPS) is 38.4. The average molecular weight is 635 g/mol. The molecule has 0 amide bonds. The number of esters is 5. The van der Waals surface area contributed by atoms with Crippen LogP contribution in [0.15, 0.2) is 23.3 Å². The predicted molar refractivity (Wildman–Crippen MR) is 153 cm³/mol. The number of hydrogen-bond donors (Lipinski definition) is 1. The Balaban J connectivity index is 2.18. The first-order chi connectivity index (χ1) is 20.8. The lowest BCUT2D eigenvalue weighted by molar-refractivity contribution is -0.347. The van der Waals surface area contributed by atoms with E-state index in [0.29, 0.717) is 5.57 Å². The minimum Gasteiger partial charge on any atom is -0.461 e. The molecule has 0 aromatic rings. The molecule has 9 atom stereocenters. The van der Waals surface area contributed by atoms with E-state index in [0.717, 1.165) is 19.9 Å². The monoisotopic (exact) mass is 634 g/mol. The Bertz CT molecular complexity index is 1380. The molecule has 3 fully saturated rings. The molecule has 0 aromatic carbocycles.